The Labute approximate surface area is 174 Å². The lowest BCUT2D eigenvalue weighted by molar-refractivity contribution is -0.121. The molecule has 1 N–H and O–H groups in total. The summed E-state index contributed by atoms with van der Waals surface area (Å²) in [6.07, 6.45) is 1.89. The fourth-order valence-corrected chi connectivity index (χ4v) is 4.07. The maximum atomic E-state index is 12.7. The third-order valence-electron chi connectivity index (χ3n) is 4.80. The Hall–Kier alpha value is -2.21. The minimum absolute atomic E-state index is 0.0101. The fraction of sp³-hybridized carbons (Fsp3) is 0.409. The van der Waals surface area contributed by atoms with Crippen molar-refractivity contribution in [3.63, 3.8) is 0 Å². The van der Waals surface area contributed by atoms with E-state index < -0.39 is 0 Å². The number of hydrogen-bond donors (Lipinski definition) is 1. The van der Waals surface area contributed by atoms with Gasteiger partial charge in [-0.15, -0.1) is 0 Å². The first kappa shape index (κ1) is 20.5. The zero-order valence-electron chi connectivity index (χ0n) is 16.5. The van der Waals surface area contributed by atoms with E-state index in [2.05, 4.69) is 27.3 Å². The highest BCUT2D eigenvalue weighted by Gasteiger charge is 2.25. The number of carbonyl (C=O) groups is 1. The molecule has 1 aliphatic carbocycles. The third kappa shape index (κ3) is 4.61. The Bertz CT molecular complexity index is 853. The summed E-state index contributed by atoms with van der Waals surface area (Å²) in [5.41, 5.74) is 3.30. The first-order valence-electron chi connectivity index (χ1n) is 9.57. The number of fused-ring (bicyclic) bond motifs is 1. The maximum Gasteiger partial charge on any atom is 0.224 e. The summed E-state index contributed by atoms with van der Waals surface area (Å²) < 4.78 is 17.6. The van der Waals surface area contributed by atoms with E-state index in [0.29, 0.717) is 24.7 Å². The molecule has 5 nitrogen and oxygen atoms in total. The second-order valence-electron chi connectivity index (χ2n) is 6.70. The maximum absolute atomic E-state index is 12.7. The zero-order chi connectivity index (χ0) is 20.1. The second-order valence-corrected chi connectivity index (χ2v) is 7.56. The van der Waals surface area contributed by atoms with Crippen molar-refractivity contribution in [2.75, 3.05) is 20.3 Å². The van der Waals surface area contributed by atoms with Crippen LogP contribution in [0.4, 0.5) is 0 Å². The molecule has 0 fully saturated rings. The summed E-state index contributed by atoms with van der Waals surface area (Å²) in [6, 6.07) is 9.90. The molecule has 150 valence electrons. The predicted molar refractivity (Wildman–Crippen MR) is 113 cm³/mol. The van der Waals surface area contributed by atoms with Crippen LogP contribution in [0.25, 0.3) is 0 Å². The molecule has 0 saturated carbocycles. The summed E-state index contributed by atoms with van der Waals surface area (Å²) in [7, 11) is 1.68. The molecule has 0 bridgehead atoms. The van der Waals surface area contributed by atoms with E-state index in [1.807, 2.05) is 38.1 Å². The molecule has 0 saturated heterocycles. The normalized spacial score (nSPS) is 15.1. The number of halogens is 1. The molecule has 3 rings (SSSR count). The average molecular weight is 448 g/mol. The monoisotopic (exact) mass is 447 g/mol. The highest BCUT2D eigenvalue weighted by atomic mass is 79.9. The highest BCUT2D eigenvalue weighted by Crippen LogP contribution is 2.34. The van der Waals surface area contributed by atoms with Gasteiger partial charge in [-0.05, 0) is 61.6 Å². The number of methoxy groups -OCH3 is 1. The van der Waals surface area contributed by atoms with Gasteiger partial charge in [0.1, 0.15) is 5.75 Å². The van der Waals surface area contributed by atoms with Crippen molar-refractivity contribution < 1.29 is 19.0 Å². The Morgan fingerprint density at radius 3 is 2.50 bits per heavy atom. The zero-order valence-corrected chi connectivity index (χ0v) is 18.1. The van der Waals surface area contributed by atoms with Gasteiger partial charge in [-0.2, -0.15) is 0 Å². The van der Waals surface area contributed by atoms with Crippen LogP contribution in [0.5, 0.6) is 17.2 Å². The fourth-order valence-electron chi connectivity index (χ4n) is 3.61. The van der Waals surface area contributed by atoms with Gasteiger partial charge in [0.15, 0.2) is 11.5 Å². The minimum atomic E-state index is -0.0101. The number of hydrogen-bond acceptors (Lipinski definition) is 4. The number of ether oxygens (including phenoxy) is 3. The van der Waals surface area contributed by atoms with E-state index in [1.54, 1.807) is 7.11 Å². The Morgan fingerprint density at radius 1 is 1.11 bits per heavy atom. The molecule has 1 unspecified atom stereocenters. The summed E-state index contributed by atoms with van der Waals surface area (Å²) in [5, 5.41) is 3.16. The summed E-state index contributed by atoms with van der Waals surface area (Å²) in [4.78, 5) is 12.7. The number of amides is 1. The van der Waals surface area contributed by atoms with Crippen molar-refractivity contribution in [3.05, 3.63) is 51.5 Å². The van der Waals surface area contributed by atoms with E-state index in [4.69, 9.17) is 14.2 Å². The standard InChI is InChI=1S/C22H26BrNO4/c1-4-27-20-10-15(18(23)13-21(20)28-5-2)11-22(25)24-16-9-14-7-6-8-19(26-3)17(14)12-16/h6-8,10,13,16H,4-5,9,11-12H2,1-3H3,(H,24,25). The van der Waals surface area contributed by atoms with Gasteiger partial charge in [-0.3, -0.25) is 4.79 Å². The second kappa shape index (κ2) is 9.32. The largest absolute Gasteiger partial charge is 0.496 e. The summed E-state index contributed by atoms with van der Waals surface area (Å²) in [5.74, 6) is 2.22. The van der Waals surface area contributed by atoms with Crippen LogP contribution in [0.3, 0.4) is 0 Å². The van der Waals surface area contributed by atoms with Crippen molar-refractivity contribution in [3.8, 4) is 17.2 Å². The molecule has 1 aliphatic rings. The van der Waals surface area contributed by atoms with E-state index in [0.717, 1.165) is 28.6 Å². The van der Waals surface area contributed by atoms with Gasteiger partial charge in [0, 0.05) is 10.5 Å². The lowest BCUT2D eigenvalue weighted by Crippen LogP contribution is -2.36. The van der Waals surface area contributed by atoms with Crippen LogP contribution in [0.1, 0.15) is 30.5 Å². The first-order valence-corrected chi connectivity index (χ1v) is 10.4. The van der Waals surface area contributed by atoms with Crippen molar-refractivity contribution in [2.45, 2.75) is 39.2 Å². The Morgan fingerprint density at radius 2 is 1.82 bits per heavy atom. The van der Waals surface area contributed by atoms with Gasteiger partial charge in [0.2, 0.25) is 5.91 Å². The van der Waals surface area contributed by atoms with E-state index >= 15 is 0 Å². The molecule has 0 aliphatic heterocycles. The van der Waals surface area contributed by atoms with Crippen LogP contribution in [0.15, 0.2) is 34.8 Å². The quantitative estimate of drug-likeness (QED) is 0.662. The third-order valence-corrected chi connectivity index (χ3v) is 5.53. The van der Waals surface area contributed by atoms with Gasteiger partial charge >= 0.3 is 0 Å². The average Bonchev–Trinajstić information content (AvgIpc) is 3.07. The molecule has 0 radical (unpaired) electrons. The molecular weight excluding hydrogens is 422 g/mol. The van der Waals surface area contributed by atoms with E-state index in [9.17, 15) is 4.79 Å². The Balaban J connectivity index is 1.68. The van der Waals surface area contributed by atoms with Gasteiger partial charge in [-0.1, -0.05) is 28.1 Å². The molecule has 0 aromatic heterocycles. The van der Waals surface area contributed by atoms with Crippen LogP contribution in [-0.2, 0) is 24.1 Å². The molecule has 1 amide bonds. The number of nitrogens with one attached hydrogen (secondary N) is 1. The van der Waals surface area contributed by atoms with Crippen LogP contribution in [0, 0.1) is 0 Å². The number of carbonyl (C=O) groups excluding carboxylic acids is 1. The molecule has 2 aromatic rings. The molecule has 0 heterocycles. The van der Waals surface area contributed by atoms with E-state index in [-0.39, 0.29) is 18.4 Å². The van der Waals surface area contributed by atoms with Crippen LogP contribution < -0.4 is 19.5 Å². The summed E-state index contributed by atoms with van der Waals surface area (Å²) in [6.45, 7) is 4.95. The first-order chi connectivity index (χ1) is 13.5. The molecule has 1 atom stereocenters. The van der Waals surface area contributed by atoms with Gasteiger partial charge in [0.25, 0.3) is 0 Å². The molecule has 6 heteroatoms. The lowest BCUT2D eigenvalue weighted by Gasteiger charge is -2.16. The SMILES string of the molecule is CCOc1cc(Br)c(CC(=O)NC2Cc3cccc(OC)c3C2)cc1OCC. The number of rotatable bonds is 8. The van der Waals surface area contributed by atoms with Crippen molar-refractivity contribution in [2.24, 2.45) is 0 Å². The van der Waals surface area contributed by atoms with Crippen LogP contribution in [-0.4, -0.2) is 32.3 Å². The topological polar surface area (TPSA) is 56.8 Å². The molecule has 28 heavy (non-hydrogen) atoms. The Kier molecular flexibility index (Phi) is 6.83. The summed E-state index contributed by atoms with van der Waals surface area (Å²) >= 11 is 3.55. The van der Waals surface area contributed by atoms with Crippen molar-refractivity contribution in [1.29, 1.82) is 0 Å². The van der Waals surface area contributed by atoms with Crippen LogP contribution >= 0.6 is 15.9 Å². The van der Waals surface area contributed by atoms with Crippen molar-refractivity contribution >= 4 is 21.8 Å². The number of benzene rings is 2. The minimum Gasteiger partial charge on any atom is -0.496 e. The smallest absolute Gasteiger partial charge is 0.224 e. The van der Waals surface area contributed by atoms with Gasteiger partial charge in [0.05, 0.1) is 26.7 Å². The molecule has 0 spiro atoms. The van der Waals surface area contributed by atoms with Crippen molar-refractivity contribution in [1.82, 2.24) is 5.32 Å². The predicted octanol–water partition coefficient (Wildman–Crippen LogP) is 4.08. The van der Waals surface area contributed by atoms with Gasteiger partial charge < -0.3 is 19.5 Å². The lowest BCUT2D eigenvalue weighted by atomic mass is 10.1. The highest BCUT2D eigenvalue weighted by molar-refractivity contribution is 9.10. The van der Waals surface area contributed by atoms with Crippen LogP contribution in [0.2, 0.25) is 0 Å². The van der Waals surface area contributed by atoms with Gasteiger partial charge in [-0.25, -0.2) is 0 Å². The van der Waals surface area contributed by atoms with E-state index in [1.165, 1.54) is 11.1 Å². The molecule has 2 aromatic carbocycles. The molecular formula is C22H26BrNO4.